The molecular formula is C14H19NO3S. The molecule has 5 heteroatoms. The first-order valence-corrected chi connectivity index (χ1v) is 7.56. The van der Waals surface area contributed by atoms with Crippen molar-refractivity contribution in [2.75, 3.05) is 26.0 Å². The topological polar surface area (TPSA) is 49.8 Å². The maximum absolute atomic E-state index is 12.6. The average Bonchev–Trinajstić information content (AvgIpc) is 2.47. The summed E-state index contributed by atoms with van der Waals surface area (Å²) in [6, 6.07) is 7.64. The molecule has 1 aromatic rings. The van der Waals surface area contributed by atoms with Gasteiger partial charge in [-0.3, -0.25) is 4.79 Å². The molecule has 1 N–H and O–H groups in total. The Bertz CT molecular complexity index is 452. The van der Waals surface area contributed by atoms with E-state index in [1.807, 2.05) is 37.4 Å². The minimum absolute atomic E-state index is 0.0131. The Morgan fingerprint density at radius 2 is 2.26 bits per heavy atom. The van der Waals surface area contributed by atoms with Crippen LogP contribution in [0.4, 0.5) is 0 Å². The number of hydrogen-bond acceptors (Lipinski definition) is 4. The van der Waals surface area contributed by atoms with Gasteiger partial charge in [-0.05, 0) is 25.3 Å². The van der Waals surface area contributed by atoms with E-state index in [1.54, 1.807) is 16.7 Å². The number of carbonyl (C=O) groups is 1. The molecule has 1 aromatic carbocycles. The Labute approximate surface area is 117 Å². The van der Waals surface area contributed by atoms with Crippen LogP contribution in [0.1, 0.15) is 17.3 Å². The zero-order chi connectivity index (χ0) is 13.8. The summed E-state index contributed by atoms with van der Waals surface area (Å²) in [5, 5.41) is 9.18. The van der Waals surface area contributed by atoms with Crippen LogP contribution in [-0.2, 0) is 4.74 Å². The first kappa shape index (κ1) is 14.4. The van der Waals surface area contributed by atoms with E-state index >= 15 is 0 Å². The molecule has 1 aliphatic rings. The predicted molar refractivity (Wildman–Crippen MR) is 75.5 cm³/mol. The fraction of sp³-hybridized carbons (Fsp3) is 0.500. The van der Waals surface area contributed by atoms with E-state index in [2.05, 4.69) is 0 Å². The molecule has 0 spiro atoms. The van der Waals surface area contributed by atoms with Crippen molar-refractivity contribution in [2.24, 2.45) is 0 Å². The van der Waals surface area contributed by atoms with E-state index in [9.17, 15) is 9.90 Å². The van der Waals surface area contributed by atoms with E-state index in [0.29, 0.717) is 13.2 Å². The number of rotatable bonds is 3. The van der Waals surface area contributed by atoms with Crippen LogP contribution in [0.2, 0.25) is 0 Å². The van der Waals surface area contributed by atoms with E-state index < -0.39 is 0 Å². The van der Waals surface area contributed by atoms with Crippen LogP contribution in [0, 0.1) is 0 Å². The average molecular weight is 281 g/mol. The van der Waals surface area contributed by atoms with Gasteiger partial charge in [-0.25, -0.2) is 0 Å². The minimum Gasteiger partial charge on any atom is -0.394 e. The number of ether oxygens (including phenoxy) is 1. The van der Waals surface area contributed by atoms with Gasteiger partial charge in [0.25, 0.3) is 5.91 Å². The van der Waals surface area contributed by atoms with Crippen LogP contribution in [0.3, 0.4) is 0 Å². The lowest BCUT2D eigenvalue weighted by Crippen LogP contribution is -2.52. The Kier molecular flexibility index (Phi) is 4.85. The minimum atomic E-state index is -0.276. The summed E-state index contributed by atoms with van der Waals surface area (Å²) in [6.07, 6.45) is 1.69. The molecule has 1 heterocycles. The van der Waals surface area contributed by atoms with Crippen molar-refractivity contribution in [1.29, 1.82) is 0 Å². The molecule has 19 heavy (non-hydrogen) atoms. The largest absolute Gasteiger partial charge is 0.394 e. The lowest BCUT2D eigenvalue weighted by atomic mass is 10.1. The molecule has 2 rings (SSSR count). The molecule has 0 radical (unpaired) electrons. The van der Waals surface area contributed by atoms with Gasteiger partial charge in [-0.15, -0.1) is 11.8 Å². The van der Waals surface area contributed by atoms with Crippen molar-refractivity contribution in [2.45, 2.75) is 24.0 Å². The molecule has 1 fully saturated rings. The number of benzene rings is 1. The van der Waals surface area contributed by atoms with Crippen LogP contribution in [0.15, 0.2) is 29.2 Å². The van der Waals surface area contributed by atoms with Gasteiger partial charge < -0.3 is 14.7 Å². The zero-order valence-electron chi connectivity index (χ0n) is 11.2. The van der Waals surface area contributed by atoms with Crippen molar-refractivity contribution in [1.82, 2.24) is 4.90 Å². The number of aliphatic hydroxyl groups is 1. The molecule has 104 valence electrons. The number of aliphatic hydroxyl groups excluding tert-OH is 1. The van der Waals surface area contributed by atoms with Crippen LogP contribution in [0.25, 0.3) is 0 Å². The summed E-state index contributed by atoms with van der Waals surface area (Å²) >= 11 is 1.57. The van der Waals surface area contributed by atoms with Gasteiger partial charge in [-0.2, -0.15) is 0 Å². The summed E-state index contributed by atoms with van der Waals surface area (Å²) < 4.78 is 5.46. The molecule has 0 aromatic heterocycles. The van der Waals surface area contributed by atoms with Crippen molar-refractivity contribution in [3.05, 3.63) is 29.8 Å². The van der Waals surface area contributed by atoms with Gasteiger partial charge >= 0.3 is 0 Å². The van der Waals surface area contributed by atoms with E-state index in [0.717, 1.165) is 10.5 Å². The van der Waals surface area contributed by atoms with Gasteiger partial charge in [0.1, 0.15) is 0 Å². The van der Waals surface area contributed by atoms with Crippen molar-refractivity contribution in [3.63, 3.8) is 0 Å². The second-order valence-electron chi connectivity index (χ2n) is 4.64. The van der Waals surface area contributed by atoms with Crippen LogP contribution >= 0.6 is 11.8 Å². The highest BCUT2D eigenvalue weighted by Crippen LogP contribution is 2.23. The lowest BCUT2D eigenvalue weighted by Gasteiger charge is -2.37. The van der Waals surface area contributed by atoms with Crippen LogP contribution in [-0.4, -0.2) is 54.1 Å². The quantitative estimate of drug-likeness (QED) is 0.856. The molecular weight excluding hydrogens is 262 g/mol. The number of carbonyl (C=O) groups excluding carboxylic acids is 1. The molecule has 0 saturated carbocycles. The van der Waals surface area contributed by atoms with Gasteiger partial charge in [0.05, 0.1) is 30.9 Å². The monoisotopic (exact) mass is 281 g/mol. The molecule has 1 amide bonds. The fourth-order valence-corrected chi connectivity index (χ4v) is 2.78. The van der Waals surface area contributed by atoms with Gasteiger partial charge in [0, 0.05) is 11.4 Å². The third kappa shape index (κ3) is 3.11. The van der Waals surface area contributed by atoms with E-state index in [4.69, 9.17) is 4.74 Å². The lowest BCUT2D eigenvalue weighted by molar-refractivity contribution is -0.0668. The standard InChI is InChI=1S/C14H19NO3S/c1-10-9-18-11(8-16)7-15(10)14(17)12-5-3-4-6-13(12)19-2/h3-6,10-11,16H,7-9H2,1-2H3. The Hall–Kier alpha value is -1.04. The molecule has 1 aliphatic heterocycles. The summed E-state index contributed by atoms with van der Waals surface area (Å²) in [7, 11) is 0. The number of morpholine rings is 1. The van der Waals surface area contributed by atoms with Crippen LogP contribution in [0.5, 0.6) is 0 Å². The zero-order valence-corrected chi connectivity index (χ0v) is 12.0. The van der Waals surface area contributed by atoms with Gasteiger partial charge in [0.15, 0.2) is 0 Å². The fourth-order valence-electron chi connectivity index (χ4n) is 2.19. The predicted octanol–water partition coefficient (Wildman–Crippen LogP) is 1.63. The van der Waals surface area contributed by atoms with Gasteiger partial charge in [-0.1, -0.05) is 12.1 Å². The second-order valence-corrected chi connectivity index (χ2v) is 5.49. The van der Waals surface area contributed by atoms with Crippen molar-refractivity contribution < 1.29 is 14.6 Å². The van der Waals surface area contributed by atoms with E-state index in [-0.39, 0.29) is 24.7 Å². The SMILES string of the molecule is CSc1ccccc1C(=O)N1CC(CO)OCC1C. The number of thioether (sulfide) groups is 1. The summed E-state index contributed by atoms with van der Waals surface area (Å²) in [5.74, 6) is 0.0131. The van der Waals surface area contributed by atoms with Crippen molar-refractivity contribution >= 4 is 17.7 Å². The highest BCUT2D eigenvalue weighted by Gasteiger charge is 2.30. The van der Waals surface area contributed by atoms with E-state index in [1.165, 1.54) is 0 Å². The third-order valence-corrected chi connectivity index (χ3v) is 4.10. The molecule has 2 atom stereocenters. The van der Waals surface area contributed by atoms with Crippen molar-refractivity contribution in [3.8, 4) is 0 Å². The smallest absolute Gasteiger partial charge is 0.255 e. The first-order chi connectivity index (χ1) is 9.17. The molecule has 0 bridgehead atoms. The number of nitrogens with zero attached hydrogens (tertiary/aromatic N) is 1. The maximum Gasteiger partial charge on any atom is 0.255 e. The summed E-state index contributed by atoms with van der Waals surface area (Å²) in [5.41, 5.74) is 0.723. The first-order valence-electron chi connectivity index (χ1n) is 6.33. The number of amides is 1. The highest BCUT2D eigenvalue weighted by molar-refractivity contribution is 7.98. The Morgan fingerprint density at radius 3 is 2.95 bits per heavy atom. The summed E-state index contributed by atoms with van der Waals surface area (Å²) in [4.78, 5) is 15.4. The van der Waals surface area contributed by atoms with Crippen LogP contribution < -0.4 is 0 Å². The molecule has 1 saturated heterocycles. The number of hydrogen-bond donors (Lipinski definition) is 1. The second kappa shape index (κ2) is 6.41. The molecule has 2 unspecified atom stereocenters. The maximum atomic E-state index is 12.6. The summed E-state index contributed by atoms with van der Waals surface area (Å²) in [6.45, 7) is 2.82. The molecule has 0 aliphatic carbocycles. The third-order valence-electron chi connectivity index (χ3n) is 3.31. The normalized spacial score (nSPS) is 23.4. The Morgan fingerprint density at radius 1 is 1.53 bits per heavy atom. The van der Waals surface area contributed by atoms with Gasteiger partial charge in [0.2, 0.25) is 0 Å². The molecule has 4 nitrogen and oxygen atoms in total. The Balaban J connectivity index is 2.22. The highest BCUT2D eigenvalue weighted by atomic mass is 32.2.